The molecule has 0 aliphatic carbocycles. The zero-order valence-corrected chi connectivity index (χ0v) is 21.1. The van der Waals surface area contributed by atoms with E-state index in [1.807, 2.05) is 62.4 Å². The molecule has 4 nitrogen and oxygen atoms in total. The fraction of sp³-hybridized carbons (Fsp3) is 0.300. The van der Waals surface area contributed by atoms with Gasteiger partial charge in [-0.2, -0.15) is 0 Å². The molecule has 0 saturated carbocycles. The number of aryl methyl sites for hydroxylation is 1. The Hall–Kier alpha value is -3.08. The van der Waals surface area contributed by atoms with Crippen LogP contribution in [0, 0.1) is 12.8 Å². The first-order valence-corrected chi connectivity index (χ1v) is 12.1. The molecule has 0 aromatic heterocycles. The van der Waals surface area contributed by atoms with E-state index in [1.165, 1.54) is 5.56 Å². The smallest absolute Gasteiger partial charge is 0.341 e. The molecule has 4 rings (SSSR count). The van der Waals surface area contributed by atoms with Crippen LogP contribution in [0.3, 0.4) is 0 Å². The predicted molar refractivity (Wildman–Crippen MR) is 140 cm³/mol. The van der Waals surface area contributed by atoms with E-state index in [2.05, 4.69) is 31.7 Å². The van der Waals surface area contributed by atoms with Crippen LogP contribution < -0.4 is 4.74 Å². The summed E-state index contributed by atoms with van der Waals surface area (Å²) in [5.74, 6) is -0.453. The van der Waals surface area contributed by atoms with Gasteiger partial charge in [-0.25, -0.2) is 4.79 Å². The quantitative estimate of drug-likeness (QED) is 0.351. The number of carboxylic acids is 1. The molecule has 0 unspecified atom stereocenters. The Bertz CT molecular complexity index is 1220. The summed E-state index contributed by atoms with van der Waals surface area (Å²) in [5.41, 5.74) is 5.88. The molecule has 1 aliphatic heterocycles. The van der Waals surface area contributed by atoms with Gasteiger partial charge < -0.3 is 14.6 Å². The second kappa shape index (κ2) is 10.3. The Morgan fingerprint density at radius 2 is 1.83 bits per heavy atom. The lowest BCUT2D eigenvalue weighted by atomic mass is 9.69. The van der Waals surface area contributed by atoms with Gasteiger partial charge in [0.25, 0.3) is 0 Å². The van der Waals surface area contributed by atoms with Gasteiger partial charge in [0, 0.05) is 21.9 Å². The van der Waals surface area contributed by atoms with Crippen molar-refractivity contribution in [2.24, 2.45) is 5.92 Å². The van der Waals surface area contributed by atoms with Crippen molar-refractivity contribution in [1.29, 1.82) is 0 Å². The van der Waals surface area contributed by atoms with Crippen LogP contribution in [0.4, 0.5) is 0 Å². The molecule has 1 fully saturated rings. The molecule has 182 valence electrons. The van der Waals surface area contributed by atoms with Crippen LogP contribution in [0.25, 0.3) is 11.1 Å². The maximum atomic E-state index is 11.4. The van der Waals surface area contributed by atoms with E-state index in [-0.39, 0.29) is 17.4 Å². The lowest BCUT2D eigenvalue weighted by Crippen LogP contribution is -2.40. The lowest BCUT2D eigenvalue weighted by molar-refractivity contribution is -0.139. The van der Waals surface area contributed by atoms with Gasteiger partial charge in [0.05, 0.1) is 12.7 Å². The molecule has 0 bridgehead atoms. The largest absolute Gasteiger partial charge is 0.481 e. The molecule has 0 spiro atoms. The Morgan fingerprint density at radius 1 is 1.14 bits per heavy atom. The standard InChI is InChI=1S/C30H31ClO4/c1-19(2)25-16-30(4,23-10-12-24(31)13-11-23)18-35-29(25)28-20(3)14-22(21-8-6-5-7-9-21)15-26(28)34-17-27(32)33/h5-15,25,29H,1,16-18H2,2-4H3,(H,32,33)/t25-,29+,30-/m0/s1. The number of benzene rings is 3. The van der Waals surface area contributed by atoms with Crippen molar-refractivity contribution in [2.45, 2.75) is 38.7 Å². The number of carbonyl (C=O) groups is 1. The average molecular weight is 491 g/mol. The van der Waals surface area contributed by atoms with Gasteiger partial charge in [0.2, 0.25) is 0 Å². The van der Waals surface area contributed by atoms with Crippen molar-refractivity contribution >= 4 is 17.6 Å². The molecule has 5 heteroatoms. The van der Waals surface area contributed by atoms with Crippen LogP contribution in [0.1, 0.15) is 43.1 Å². The zero-order chi connectivity index (χ0) is 25.2. The van der Waals surface area contributed by atoms with Gasteiger partial charge in [-0.1, -0.05) is 79.2 Å². The maximum absolute atomic E-state index is 11.4. The number of aliphatic carboxylic acids is 1. The summed E-state index contributed by atoms with van der Waals surface area (Å²) in [6.45, 7) is 10.6. The second-order valence-corrected chi connectivity index (χ2v) is 10.1. The Balaban J connectivity index is 1.75. The van der Waals surface area contributed by atoms with Crippen LogP contribution in [0.15, 0.2) is 78.9 Å². The highest BCUT2D eigenvalue weighted by Crippen LogP contribution is 2.49. The first-order valence-electron chi connectivity index (χ1n) is 11.8. The maximum Gasteiger partial charge on any atom is 0.341 e. The summed E-state index contributed by atoms with van der Waals surface area (Å²) in [6, 6.07) is 22.0. The topological polar surface area (TPSA) is 55.8 Å². The van der Waals surface area contributed by atoms with E-state index in [0.29, 0.717) is 17.4 Å². The van der Waals surface area contributed by atoms with Crippen LogP contribution in [-0.4, -0.2) is 24.3 Å². The van der Waals surface area contributed by atoms with E-state index >= 15 is 0 Å². The Morgan fingerprint density at radius 3 is 2.46 bits per heavy atom. The first kappa shape index (κ1) is 25.0. The minimum absolute atomic E-state index is 0.0258. The lowest BCUT2D eigenvalue weighted by Gasteiger charge is -2.44. The van der Waals surface area contributed by atoms with Crippen molar-refractivity contribution in [3.05, 3.63) is 101 Å². The normalized spacial score (nSPS) is 21.9. The van der Waals surface area contributed by atoms with Crippen LogP contribution in [0.2, 0.25) is 5.02 Å². The zero-order valence-electron chi connectivity index (χ0n) is 20.4. The number of carboxylic acid groups (broad SMARTS) is 1. The Kier molecular flexibility index (Phi) is 7.34. The molecule has 1 N–H and O–H groups in total. The number of hydrogen-bond donors (Lipinski definition) is 1. The highest BCUT2D eigenvalue weighted by Gasteiger charge is 2.42. The number of halogens is 1. The van der Waals surface area contributed by atoms with E-state index in [0.717, 1.165) is 34.2 Å². The Labute approximate surface area is 212 Å². The monoisotopic (exact) mass is 490 g/mol. The molecule has 3 atom stereocenters. The SMILES string of the molecule is C=C(C)[C@@H]1C[C@](C)(c2ccc(Cl)cc2)CO[C@H]1c1c(C)cc(-c2ccccc2)cc1OCC(=O)O. The van der Waals surface area contributed by atoms with Crippen molar-refractivity contribution in [3.63, 3.8) is 0 Å². The van der Waals surface area contributed by atoms with Gasteiger partial charge >= 0.3 is 5.97 Å². The molecule has 3 aromatic carbocycles. The van der Waals surface area contributed by atoms with Crippen molar-refractivity contribution in [3.8, 4) is 16.9 Å². The fourth-order valence-electron chi connectivity index (χ4n) is 5.00. The van der Waals surface area contributed by atoms with Crippen molar-refractivity contribution in [1.82, 2.24) is 0 Å². The highest BCUT2D eigenvalue weighted by atomic mass is 35.5. The number of rotatable bonds is 7. The van der Waals surface area contributed by atoms with E-state index in [4.69, 9.17) is 21.1 Å². The van der Waals surface area contributed by atoms with Crippen LogP contribution in [0.5, 0.6) is 5.75 Å². The molecular weight excluding hydrogens is 460 g/mol. The minimum atomic E-state index is -1.02. The predicted octanol–water partition coefficient (Wildman–Crippen LogP) is 7.39. The molecule has 0 amide bonds. The van der Waals surface area contributed by atoms with Gasteiger partial charge in [-0.05, 0) is 60.7 Å². The molecular formula is C30H31ClO4. The van der Waals surface area contributed by atoms with Gasteiger partial charge in [-0.15, -0.1) is 0 Å². The first-order chi connectivity index (χ1) is 16.7. The van der Waals surface area contributed by atoms with Crippen molar-refractivity contribution in [2.75, 3.05) is 13.2 Å². The molecule has 35 heavy (non-hydrogen) atoms. The summed E-state index contributed by atoms with van der Waals surface area (Å²) in [4.78, 5) is 11.4. The van der Waals surface area contributed by atoms with Crippen LogP contribution >= 0.6 is 11.6 Å². The average Bonchev–Trinajstić information content (AvgIpc) is 2.83. The highest BCUT2D eigenvalue weighted by molar-refractivity contribution is 6.30. The van der Waals surface area contributed by atoms with E-state index in [9.17, 15) is 9.90 Å². The number of ether oxygens (including phenoxy) is 2. The molecule has 1 heterocycles. The fourth-order valence-corrected chi connectivity index (χ4v) is 5.12. The van der Waals surface area contributed by atoms with Crippen LogP contribution in [-0.2, 0) is 14.9 Å². The summed E-state index contributed by atoms with van der Waals surface area (Å²) in [5, 5.41) is 10.0. The van der Waals surface area contributed by atoms with Gasteiger partial charge in [0.15, 0.2) is 6.61 Å². The number of hydrogen-bond acceptors (Lipinski definition) is 3. The molecule has 0 radical (unpaired) electrons. The summed E-state index contributed by atoms with van der Waals surface area (Å²) in [6.07, 6.45) is 0.550. The summed E-state index contributed by atoms with van der Waals surface area (Å²) in [7, 11) is 0. The van der Waals surface area contributed by atoms with E-state index < -0.39 is 12.6 Å². The third-order valence-electron chi connectivity index (χ3n) is 6.88. The summed E-state index contributed by atoms with van der Waals surface area (Å²) >= 11 is 6.12. The minimum Gasteiger partial charge on any atom is -0.481 e. The van der Waals surface area contributed by atoms with Crippen molar-refractivity contribution < 1.29 is 19.4 Å². The second-order valence-electron chi connectivity index (χ2n) is 9.71. The van der Waals surface area contributed by atoms with E-state index in [1.54, 1.807) is 0 Å². The molecule has 3 aromatic rings. The third kappa shape index (κ3) is 5.44. The molecule has 1 saturated heterocycles. The van der Waals surface area contributed by atoms with Gasteiger partial charge in [-0.3, -0.25) is 0 Å². The summed E-state index contributed by atoms with van der Waals surface area (Å²) < 4.78 is 12.4. The molecule has 1 aliphatic rings. The third-order valence-corrected chi connectivity index (χ3v) is 7.14. The van der Waals surface area contributed by atoms with Gasteiger partial charge in [0.1, 0.15) is 5.75 Å².